The lowest BCUT2D eigenvalue weighted by Gasteiger charge is -2.49. The van der Waals surface area contributed by atoms with Crippen LogP contribution in [0.15, 0.2) is 60.9 Å². The zero-order chi connectivity index (χ0) is 29.4. The second kappa shape index (κ2) is 11.2. The Morgan fingerprint density at radius 2 is 1.80 bits per heavy atom. The van der Waals surface area contributed by atoms with E-state index in [2.05, 4.69) is 9.88 Å². The second-order valence-corrected chi connectivity index (χ2v) is 10.6. The average Bonchev–Trinajstić information content (AvgIpc) is 2.96. The third-order valence-electron chi connectivity index (χ3n) is 8.06. The van der Waals surface area contributed by atoms with Crippen molar-refractivity contribution in [3.63, 3.8) is 0 Å². The number of quaternary nitrogens is 1. The zero-order valence-corrected chi connectivity index (χ0v) is 22.9. The van der Waals surface area contributed by atoms with E-state index in [0.29, 0.717) is 43.7 Å². The van der Waals surface area contributed by atoms with Gasteiger partial charge < -0.3 is 19.5 Å². The van der Waals surface area contributed by atoms with Crippen molar-refractivity contribution < 1.29 is 41.8 Å². The van der Waals surface area contributed by atoms with Crippen LogP contribution in [0, 0.1) is 0 Å². The van der Waals surface area contributed by atoms with Crippen LogP contribution in [0.4, 0.5) is 23.7 Å². The number of halogens is 4. The molecule has 1 saturated heterocycles. The SMILES string of the molecule is C[N+](C(=O)c1cccc(C(F)(F)F)c1Cl)(C1CCN(c2ccncc2)CC1)C1CCOc2ccc(OC(=O)O)cc21. The van der Waals surface area contributed by atoms with Crippen molar-refractivity contribution >= 4 is 29.4 Å². The lowest BCUT2D eigenvalue weighted by molar-refractivity contribution is -0.888. The van der Waals surface area contributed by atoms with Gasteiger partial charge in [0.2, 0.25) is 0 Å². The molecule has 2 unspecified atom stereocenters. The number of pyridine rings is 1. The largest absolute Gasteiger partial charge is 0.511 e. The number of carbonyl (C=O) groups excluding carboxylic acids is 1. The number of nitrogens with zero attached hydrogens (tertiary/aromatic N) is 3. The minimum Gasteiger partial charge on any atom is -0.493 e. The quantitative estimate of drug-likeness (QED) is 0.204. The molecule has 0 bridgehead atoms. The molecule has 1 N–H and O–H groups in total. The van der Waals surface area contributed by atoms with Gasteiger partial charge in [-0.05, 0) is 42.5 Å². The number of carboxylic acid groups (broad SMARTS) is 1. The number of hydrogen-bond donors (Lipinski definition) is 1. The van der Waals surface area contributed by atoms with Gasteiger partial charge in [0.15, 0.2) is 0 Å². The number of ether oxygens (including phenoxy) is 2. The maximum Gasteiger partial charge on any atom is 0.511 e. The number of rotatable bonds is 5. The molecule has 41 heavy (non-hydrogen) atoms. The van der Waals surface area contributed by atoms with Crippen LogP contribution < -0.4 is 14.4 Å². The molecule has 3 aromatic rings. The van der Waals surface area contributed by atoms with Gasteiger partial charge in [-0.25, -0.2) is 14.1 Å². The Hall–Kier alpha value is -3.83. The lowest BCUT2D eigenvalue weighted by Crippen LogP contribution is -2.61. The zero-order valence-electron chi connectivity index (χ0n) is 22.1. The Kier molecular flexibility index (Phi) is 7.85. The molecule has 216 valence electrons. The number of aromatic nitrogens is 1. The summed E-state index contributed by atoms with van der Waals surface area (Å²) in [5.41, 5.74) is 0.248. The minimum absolute atomic E-state index is 0.0513. The number of anilines is 1. The minimum atomic E-state index is -4.74. The molecular weight excluding hydrogens is 563 g/mol. The lowest BCUT2D eigenvalue weighted by atomic mass is 9.89. The summed E-state index contributed by atoms with van der Waals surface area (Å²) in [4.78, 5) is 32.0. The molecule has 1 fully saturated rings. The summed E-state index contributed by atoms with van der Waals surface area (Å²) >= 11 is 6.28. The van der Waals surface area contributed by atoms with Gasteiger partial charge in [-0.2, -0.15) is 13.2 Å². The van der Waals surface area contributed by atoms with E-state index in [4.69, 9.17) is 26.2 Å². The summed E-state index contributed by atoms with van der Waals surface area (Å²) in [5.74, 6) is -0.0401. The highest BCUT2D eigenvalue weighted by Crippen LogP contribution is 2.46. The van der Waals surface area contributed by atoms with Gasteiger partial charge in [0.25, 0.3) is 0 Å². The summed E-state index contributed by atoms with van der Waals surface area (Å²) in [6.45, 7) is 1.50. The van der Waals surface area contributed by atoms with Crippen LogP contribution in [0.1, 0.15) is 46.8 Å². The van der Waals surface area contributed by atoms with Crippen LogP contribution in [0.2, 0.25) is 5.02 Å². The van der Waals surface area contributed by atoms with Crippen LogP contribution in [0.3, 0.4) is 0 Å². The number of piperidine rings is 1. The van der Waals surface area contributed by atoms with Crippen LogP contribution in [0.25, 0.3) is 0 Å². The third kappa shape index (κ3) is 5.56. The first-order valence-corrected chi connectivity index (χ1v) is 13.5. The number of amides is 1. The standard InChI is InChI=1S/C29H27ClF3N3O5/c1-36(19-9-14-35(15-10-19)18-7-12-34-13-8-18,27(37)21-3-2-4-23(26(21)30)29(31,32)33)24-11-16-40-25-6-5-20(17-22(24)25)41-28(38)39/h2-8,12-13,17,19,24H,9-11,14-16H2,1H3/p+1. The van der Waals surface area contributed by atoms with E-state index in [1.807, 2.05) is 12.1 Å². The summed E-state index contributed by atoms with van der Waals surface area (Å²) in [6, 6.07) is 10.9. The fraction of sp³-hybridized carbons (Fsp3) is 0.345. The van der Waals surface area contributed by atoms with E-state index in [9.17, 15) is 22.8 Å². The van der Waals surface area contributed by atoms with Gasteiger partial charge in [-0.1, -0.05) is 17.7 Å². The maximum absolute atomic E-state index is 14.5. The molecule has 0 saturated carbocycles. The molecule has 0 radical (unpaired) electrons. The highest BCUT2D eigenvalue weighted by Gasteiger charge is 2.51. The molecule has 2 aromatic carbocycles. The predicted molar refractivity (Wildman–Crippen MR) is 144 cm³/mol. The second-order valence-electron chi connectivity index (χ2n) is 10.3. The molecular formula is C29H28ClF3N3O5+. The number of fused-ring (bicyclic) bond motifs is 1. The molecule has 2 aliphatic rings. The molecule has 1 aromatic heterocycles. The normalized spacial score (nSPS) is 19.0. The van der Waals surface area contributed by atoms with E-state index in [1.165, 1.54) is 24.3 Å². The molecule has 2 atom stereocenters. The molecule has 5 rings (SSSR count). The first kappa shape index (κ1) is 28.7. The number of benzene rings is 2. The van der Waals surface area contributed by atoms with E-state index < -0.39 is 34.9 Å². The fourth-order valence-electron chi connectivity index (χ4n) is 6.03. The molecule has 0 aliphatic carbocycles. The summed E-state index contributed by atoms with van der Waals surface area (Å²) in [7, 11) is 1.73. The van der Waals surface area contributed by atoms with E-state index in [1.54, 1.807) is 25.5 Å². The van der Waals surface area contributed by atoms with Gasteiger partial charge >= 0.3 is 18.2 Å². The van der Waals surface area contributed by atoms with Gasteiger partial charge in [0.1, 0.15) is 17.5 Å². The molecule has 0 spiro atoms. The molecule has 1 amide bonds. The number of hydrogen-bond acceptors (Lipinski definition) is 6. The van der Waals surface area contributed by atoms with E-state index in [-0.39, 0.29) is 28.4 Å². The van der Waals surface area contributed by atoms with Crippen molar-refractivity contribution in [2.24, 2.45) is 0 Å². The van der Waals surface area contributed by atoms with Gasteiger partial charge in [-0.15, -0.1) is 0 Å². The predicted octanol–water partition coefficient (Wildman–Crippen LogP) is 6.59. The Bertz CT molecular complexity index is 1450. The van der Waals surface area contributed by atoms with Crippen LogP contribution in [-0.4, -0.2) is 59.4 Å². The van der Waals surface area contributed by atoms with Gasteiger partial charge in [0.05, 0.1) is 41.4 Å². The monoisotopic (exact) mass is 590 g/mol. The van der Waals surface area contributed by atoms with Crippen molar-refractivity contribution in [1.82, 2.24) is 4.98 Å². The molecule has 3 heterocycles. The van der Waals surface area contributed by atoms with Crippen LogP contribution in [0.5, 0.6) is 11.5 Å². The summed E-state index contributed by atoms with van der Waals surface area (Å²) < 4.78 is 51.7. The highest BCUT2D eigenvalue weighted by atomic mass is 35.5. The Morgan fingerprint density at radius 3 is 2.46 bits per heavy atom. The summed E-state index contributed by atoms with van der Waals surface area (Å²) in [6.07, 6.45) is -1.31. The van der Waals surface area contributed by atoms with Crippen molar-refractivity contribution in [3.05, 3.63) is 82.6 Å². The third-order valence-corrected chi connectivity index (χ3v) is 8.47. The van der Waals surface area contributed by atoms with Gasteiger partial charge in [0, 0.05) is 50.4 Å². The Labute approximate surface area is 239 Å². The van der Waals surface area contributed by atoms with E-state index >= 15 is 0 Å². The number of alkyl halides is 3. The smallest absolute Gasteiger partial charge is 0.493 e. The first-order chi connectivity index (χ1) is 19.5. The summed E-state index contributed by atoms with van der Waals surface area (Å²) in [5, 5.41) is 8.51. The fourth-order valence-corrected chi connectivity index (χ4v) is 6.34. The van der Waals surface area contributed by atoms with Crippen molar-refractivity contribution in [3.8, 4) is 11.5 Å². The average molecular weight is 591 g/mol. The van der Waals surface area contributed by atoms with Crippen molar-refractivity contribution in [2.45, 2.75) is 37.5 Å². The Morgan fingerprint density at radius 1 is 1.10 bits per heavy atom. The number of carbonyl (C=O) groups is 2. The molecule has 8 nitrogen and oxygen atoms in total. The molecule has 12 heteroatoms. The van der Waals surface area contributed by atoms with Crippen molar-refractivity contribution in [2.75, 3.05) is 31.6 Å². The molecule has 2 aliphatic heterocycles. The topological polar surface area (TPSA) is 89.0 Å². The maximum atomic E-state index is 14.5. The van der Waals surface area contributed by atoms with Crippen molar-refractivity contribution in [1.29, 1.82) is 0 Å². The van der Waals surface area contributed by atoms with Gasteiger partial charge in [-0.3, -0.25) is 4.98 Å². The van der Waals surface area contributed by atoms with E-state index in [0.717, 1.165) is 11.8 Å². The van der Waals surface area contributed by atoms with Crippen LogP contribution >= 0.6 is 11.6 Å². The Balaban J connectivity index is 1.59. The first-order valence-electron chi connectivity index (χ1n) is 13.1. The van der Waals surface area contributed by atoms with Crippen LogP contribution in [-0.2, 0) is 6.18 Å². The highest BCUT2D eigenvalue weighted by molar-refractivity contribution is 6.34.